The molecule has 0 radical (unpaired) electrons. The number of amides is 1. The molecule has 1 atom stereocenters. The molecule has 0 fully saturated rings. The number of carboxylic acids is 1. The average molecular weight is 388 g/mol. The molecule has 1 aromatic carbocycles. The van der Waals surface area contributed by atoms with Crippen LogP contribution in [-0.2, 0) is 22.6 Å². The Bertz CT molecular complexity index is 975. The summed E-state index contributed by atoms with van der Waals surface area (Å²) in [6.07, 6.45) is 0.791. The molecule has 0 saturated carbocycles. The van der Waals surface area contributed by atoms with Crippen LogP contribution in [0.5, 0.6) is 0 Å². The number of fused-ring (bicyclic) bond motifs is 2. The van der Waals surface area contributed by atoms with Crippen molar-refractivity contribution in [3.05, 3.63) is 34.7 Å². The molecule has 0 spiro atoms. The lowest BCUT2D eigenvalue weighted by atomic mass is 10.0. The van der Waals surface area contributed by atoms with Crippen molar-refractivity contribution in [2.24, 2.45) is 0 Å². The second kappa shape index (κ2) is 6.79. The van der Waals surface area contributed by atoms with Crippen molar-refractivity contribution in [3.63, 3.8) is 0 Å². The lowest BCUT2D eigenvalue weighted by molar-refractivity contribution is -0.908. The summed E-state index contributed by atoms with van der Waals surface area (Å²) in [5.74, 6) is -0.894. The Hall–Kier alpha value is -2.29. The van der Waals surface area contributed by atoms with Gasteiger partial charge in [-0.05, 0) is 17.7 Å². The topological polar surface area (TPSA) is 83.7 Å². The smallest absolute Gasteiger partial charge is 0.359 e. The molecule has 8 heteroatoms. The van der Waals surface area contributed by atoms with E-state index in [9.17, 15) is 9.59 Å². The van der Waals surface area contributed by atoms with Gasteiger partial charge in [-0.15, -0.1) is 22.7 Å². The Morgan fingerprint density at radius 2 is 2.12 bits per heavy atom. The molecular weight excluding hydrogens is 370 g/mol. The number of carboxylic acid groups (broad SMARTS) is 1. The number of hydrogen-bond acceptors (Lipinski definition) is 5. The molecule has 0 saturated heterocycles. The van der Waals surface area contributed by atoms with E-state index < -0.39 is 5.97 Å². The van der Waals surface area contributed by atoms with E-state index in [4.69, 9.17) is 10.1 Å². The van der Waals surface area contributed by atoms with E-state index in [0.717, 1.165) is 48.5 Å². The third-order valence-corrected chi connectivity index (χ3v) is 6.63. The van der Waals surface area contributed by atoms with Gasteiger partial charge in [0, 0.05) is 18.9 Å². The molecule has 2 aromatic heterocycles. The first-order valence-electron chi connectivity index (χ1n) is 8.34. The van der Waals surface area contributed by atoms with Crippen molar-refractivity contribution in [2.75, 3.05) is 18.4 Å². The maximum absolute atomic E-state index is 11.7. The Kier molecular flexibility index (Phi) is 4.47. The quantitative estimate of drug-likeness (QED) is 0.638. The van der Waals surface area contributed by atoms with Crippen molar-refractivity contribution >= 4 is 49.8 Å². The highest BCUT2D eigenvalue weighted by Gasteiger charge is 2.30. The molecule has 0 bridgehead atoms. The van der Waals surface area contributed by atoms with Crippen molar-refractivity contribution in [1.82, 2.24) is 4.98 Å². The third-order valence-electron chi connectivity index (χ3n) is 4.43. The first kappa shape index (κ1) is 17.1. The van der Waals surface area contributed by atoms with Gasteiger partial charge in [-0.2, -0.15) is 0 Å². The van der Waals surface area contributed by atoms with Gasteiger partial charge in [-0.25, -0.2) is 9.78 Å². The van der Waals surface area contributed by atoms with Crippen molar-refractivity contribution in [1.29, 1.82) is 0 Å². The number of carbonyl (C=O) groups is 2. The Morgan fingerprint density at radius 1 is 1.31 bits per heavy atom. The number of anilines is 1. The molecule has 3 aromatic rings. The van der Waals surface area contributed by atoms with Crippen LogP contribution >= 0.6 is 22.7 Å². The summed E-state index contributed by atoms with van der Waals surface area (Å²) >= 11 is 3.17. The van der Waals surface area contributed by atoms with Crippen LogP contribution in [0.2, 0.25) is 0 Å². The number of quaternary nitrogens is 1. The lowest BCUT2D eigenvalue weighted by Gasteiger charge is -2.22. The molecule has 1 unspecified atom stereocenters. The number of hydrogen-bond donors (Lipinski definition) is 3. The SMILES string of the molecule is CC(=O)Nc1sc2c(c1-c1nc3ccccc3s1)CC[NH+](CC(=O)O)C2. The zero-order valence-electron chi connectivity index (χ0n) is 14.2. The highest BCUT2D eigenvalue weighted by Crippen LogP contribution is 2.44. The summed E-state index contributed by atoms with van der Waals surface area (Å²) in [7, 11) is 0. The lowest BCUT2D eigenvalue weighted by Crippen LogP contribution is -3.12. The number of thiophene rings is 1. The largest absolute Gasteiger partial charge is 0.477 e. The fourth-order valence-corrected chi connectivity index (χ4v) is 5.83. The molecule has 4 rings (SSSR count). The molecule has 3 N–H and O–H groups in total. The Morgan fingerprint density at radius 3 is 2.85 bits per heavy atom. The fraction of sp³-hybridized carbons (Fsp3) is 0.278. The molecular formula is C18H18N3O3S2+. The average Bonchev–Trinajstić information content (AvgIpc) is 3.13. The summed E-state index contributed by atoms with van der Waals surface area (Å²) in [6, 6.07) is 8.00. The van der Waals surface area contributed by atoms with E-state index in [1.54, 1.807) is 22.7 Å². The number of rotatable bonds is 4. The summed E-state index contributed by atoms with van der Waals surface area (Å²) in [5, 5.41) is 13.7. The number of benzene rings is 1. The maximum Gasteiger partial charge on any atom is 0.359 e. The number of nitrogens with zero attached hydrogens (tertiary/aromatic N) is 1. The normalized spacial score (nSPS) is 16.4. The molecule has 1 amide bonds. The maximum atomic E-state index is 11.7. The van der Waals surface area contributed by atoms with E-state index in [-0.39, 0.29) is 12.5 Å². The van der Waals surface area contributed by atoms with Crippen molar-refractivity contribution in [3.8, 4) is 10.6 Å². The van der Waals surface area contributed by atoms with Gasteiger partial charge >= 0.3 is 5.97 Å². The van der Waals surface area contributed by atoms with E-state index >= 15 is 0 Å². The van der Waals surface area contributed by atoms with Crippen LogP contribution in [0, 0.1) is 0 Å². The predicted octanol–water partition coefficient (Wildman–Crippen LogP) is 2.01. The van der Waals surface area contributed by atoms with Crippen LogP contribution in [0.1, 0.15) is 17.4 Å². The zero-order valence-corrected chi connectivity index (χ0v) is 15.8. The fourth-order valence-electron chi connectivity index (χ4n) is 3.35. The predicted molar refractivity (Wildman–Crippen MR) is 103 cm³/mol. The monoisotopic (exact) mass is 388 g/mol. The van der Waals surface area contributed by atoms with E-state index in [0.29, 0.717) is 6.54 Å². The molecule has 134 valence electrons. The summed E-state index contributed by atoms with van der Waals surface area (Å²) in [4.78, 5) is 29.7. The van der Waals surface area contributed by atoms with Crippen LogP contribution in [0.3, 0.4) is 0 Å². The van der Waals surface area contributed by atoms with Gasteiger partial charge in [0.15, 0.2) is 6.54 Å². The first-order chi connectivity index (χ1) is 12.5. The van der Waals surface area contributed by atoms with Crippen LogP contribution in [0.4, 0.5) is 5.00 Å². The van der Waals surface area contributed by atoms with E-state index in [1.165, 1.54) is 12.5 Å². The molecule has 6 nitrogen and oxygen atoms in total. The van der Waals surface area contributed by atoms with E-state index in [1.807, 2.05) is 24.3 Å². The minimum absolute atomic E-state index is 0.110. The number of carbonyl (C=O) groups excluding carboxylic acids is 1. The van der Waals surface area contributed by atoms with Gasteiger partial charge in [0.05, 0.1) is 21.6 Å². The first-order valence-corrected chi connectivity index (χ1v) is 9.98. The minimum Gasteiger partial charge on any atom is -0.477 e. The number of aromatic nitrogens is 1. The van der Waals surface area contributed by atoms with Crippen molar-refractivity contribution in [2.45, 2.75) is 19.9 Å². The second-order valence-corrected chi connectivity index (χ2v) is 8.51. The van der Waals surface area contributed by atoms with Gasteiger partial charge in [0.2, 0.25) is 5.91 Å². The second-order valence-electron chi connectivity index (χ2n) is 6.37. The molecule has 3 heterocycles. The Balaban J connectivity index is 1.79. The highest BCUT2D eigenvalue weighted by atomic mass is 32.1. The number of nitrogens with one attached hydrogen (secondary N) is 2. The van der Waals surface area contributed by atoms with Crippen LogP contribution in [0.15, 0.2) is 24.3 Å². The van der Waals surface area contributed by atoms with Gasteiger partial charge in [-0.1, -0.05) is 12.1 Å². The number of aliphatic carboxylic acids is 1. The molecule has 26 heavy (non-hydrogen) atoms. The zero-order chi connectivity index (χ0) is 18.3. The van der Waals surface area contributed by atoms with Crippen LogP contribution in [0.25, 0.3) is 20.8 Å². The van der Waals surface area contributed by atoms with Crippen LogP contribution < -0.4 is 10.2 Å². The van der Waals surface area contributed by atoms with Gasteiger partial charge in [0.1, 0.15) is 16.6 Å². The summed E-state index contributed by atoms with van der Waals surface area (Å²) < 4.78 is 1.12. The van der Waals surface area contributed by atoms with Gasteiger partial charge in [-0.3, -0.25) is 4.79 Å². The van der Waals surface area contributed by atoms with Crippen molar-refractivity contribution < 1.29 is 19.6 Å². The summed E-state index contributed by atoms with van der Waals surface area (Å²) in [5.41, 5.74) is 3.16. The Labute approximate surface area is 158 Å². The van der Waals surface area contributed by atoms with Gasteiger partial charge in [0.25, 0.3) is 0 Å². The molecule has 1 aliphatic rings. The van der Waals surface area contributed by atoms with E-state index in [2.05, 4.69) is 5.32 Å². The summed E-state index contributed by atoms with van der Waals surface area (Å²) in [6.45, 7) is 3.06. The standard InChI is InChI=1S/C18H17N3O3S2/c1-10(22)19-17-16(18-20-12-4-2-3-5-13(12)25-18)11-6-7-21(9-15(23)24)8-14(11)26-17/h2-5H,6-9H2,1H3,(H,19,22)(H,23,24)/p+1. The van der Waals surface area contributed by atoms with Gasteiger partial charge < -0.3 is 15.3 Å². The highest BCUT2D eigenvalue weighted by molar-refractivity contribution is 7.22. The number of para-hydroxylation sites is 1. The minimum atomic E-state index is -0.784. The third kappa shape index (κ3) is 3.23. The van der Waals surface area contributed by atoms with Crippen LogP contribution in [-0.4, -0.2) is 35.1 Å². The molecule has 1 aliphatic heterocycles. The number of thiazole rings is 1. The molecule has 0 aliphatic carbocycles.